The number of methoxy groups -OCH3 is 1. The number of hydrogen-bond donors (Lipinski definition) is 1. The molecule has 0 bridgehead atoms. The first kappa shape index (κ1) is 13.4. The van der Waals surface area contributed by atoms with Gasteiger partial charge in [-0.3, -0.25) is 0 Å². The Labute approximate surface area is 111 Å². The lowest BCUT2D eigenvalue weighted by atomic mass is 10.1. The van der Waals surface area contributed by atoms with Crippen molar-refractivity contribution in [2.24, 2.45) is 5.73 Å². The summed E-state index contributed by atoms with van der Waals surface area (Å²) in [5, 5.41) is 12.1. The van der Waals surface area contributed by atoms with Gasteiger partial charge in [-0.1, -0.05) is 0 Å². The average molecular weight is 262 g/mol. The molecule has 0 spiro atoms. The van der Waals surface area contributed by atoms with E-state index in [0.29, 0.717) is 18.0 Å². The molecule has 1 atom stereocenters. The first-order chi connectivity index (χ1) is 9.11. The average Bonchev–Trinajstić information content (AvgIpc) is 2.87. The molecule has 0 aromatic carbocycles. The van der Waals surface area contributed by atoms with E-state index in [4.69, 9.17) is 10.5 Å². The van der Waals surface area contributed by atoms with Gasteiger partial charge in [0.05, 0.1) is 18.8 Å². The molecule has 0 aliphatic carbocycles. The molecular weight excluding hydrogens is 244 g/mol. The molecule has 0 saturated carbocycles. The lowest BCUT2D eigenvalue weighted by Gasteiger charge is -2.13. The van der Waals surface area contributed by atoms with Gasteiger partial charge in [-0.05, 0) is 19.9 Å². The van der Waals surface area contributed by atoms with E-state index in [-0.39, 0.29) is 12.1 Å². The third-order valence-corrected chi connectivity index (χ3v) is 2.79. The molecule has 2 N–H and O–H groups in total. The highest BCUT2D eigenvalue weighted by Gasteiger charge is 2.15. The van der Waals surface area contributed by atoms with Crippen LogP contribution in [0.5, 0.6) is 5.88 Å². The maximum atomic E-state index is 6.12. The normalized spacial score (nSPS) is 12.7. The van der Waals surface area contributed by atoms with Crippen molar-refractivity contribution in [2.45, 2.75) is 32.4 Å². The molecule has 7 heteroatoms. The summed E-state index contributed by atoms with van der Waals surface area (Å²) in [6.45, 7) is 4.10. The highest BCUT2D eigenvalue weighted by atomic mass is 16.5. The van der Waals surface area contributed by atoms with Gasteiger partial charge in [-0.2, -0.15) is 10.2 Å². The molecule has 19 heavy (non-hydrogen) atoms. The Hall–Kier alpha value is -2.02. The smallest absolute Gasteiger partial charge is 0.233 e. The second kappa shape index (κ2) is 5.75. The van der Waals surface area contributed by atoms with Gasteiger partial charge < -0.3 is 10.5 Å². The number of nitrogens with zero attached hydrogens (tertiary/aromatic N) is 5. The largest absolute Gasteiger partial charge is 0.480 e. The molecule has 0 saturated heterocycles. The Morgan fingerprint density at radius 1 is 1.32 bits per heavy atom. The summed E-state index contributed by atoms with van der Waals surface area (Å²) in [5.41, 5.74) is 6.83. The number of nitrogens with two attached hydrogens (primary N) is 1. The van der Waals surface area contributed by atoms with Crippen LogP contribution in [0.3, 0.4) is 0 Å². The summed E-state index contributed by atoms with van der Waals surface area (Å²) >= 11 is 0. The van der Waals surface area contributed by atoms with Crippen molar-refractivity contribution in [2.75, 3.05) is 7.11 Å². The van der Waals surface area contributed by atoms with E-state index in [0.717, 1.165) is 5.82 Å². The summed E-state index contributed by atoms with van der Waals surface area (Å²) in [7, 11) is 1.55. The fourth-order valence-corrected chi connectivity index (χ4v) is 1.79. The van der Waals surface area contributed by atoms with E-state index >= 15 is 0 Å². The summed E-state index contributed by atoms with van der Waals surface area (Å²) in [5.74, 6) is 1.32. The van der Waals surface area contributed by atoms with Crippen LogP contribution in [0.4, 0.5) is 0 Å². The van der Waals surface area contributed by atoms with Crippen LogP contribution in [0.25, 0.3) is 0 Å². The standard InChI is InChI=1S/C12H18N6O/c1-8(2)18-11(14-7-15-18)6-9(13)10-4-5-12(19-3)17-16-10/h4-5,7-9H,6,13H2,1-3H3. The summed E-state index contributed by atoms with van der Waals surface area (Å²) in [6.07, 6.45) is 2.11. The maximum Gasteiger partial charge on any atom is 0.233 e. The van der Waals surface area contributed by atoms with Gasteiger partial charge >= 0.3 is 0 Å². The number of ether oxygens (including phenoxy) is 1. The lowest BCUT2D eigenvalue weighted by molar-refractivity contribution is 0.390. The zero-order valence-electron chi connectivity index (χ0n) is 11.3. The van der Waals surface area contributed by atoms with Crippen LogP contribution in [0.1, 0.15) is 37.4 Å². The van der Waals surface area contributed by atoms with Gasteiger partial charge in [0.15, 0.2) is 0 Å². The molecule has 2 aromatic rings. The predicted molar refractivity (Wildman–Crippen MR) is 69.6 cm³/mol. The van der Waals surface area contributed by atoms with Gasteiger partial charge in [0.2, 0.25) is 5.88 Å². The maximum absolute atomic E-state index is 6.12. The molecule has 0 aliphatic heterocycles. The van der Waals surface area contributed by atoms with E-state index in [2.05, 4.69) is 34.1 Å². The quantitative estimate of drug-likeness (QED) is 0.860. The Bertz CT molecular complexity index is 521. The summed E-state index contributed by atoms with van der Waals surface area (Å²) < 4.78 is 6.82. The van der Waals surface area contributed by atoms with Crippen LogP contribution in [-0.4, -0.2) is 32.1 Å². The van der Waals surface area contributed by atoms with Crippen molar-refractivity contribution in [3.63, 3.8) is 0 Å². The number of rotatable bonds is 5. The van der Waals surface area contributed by atoms with E-state index in [1.807, 2.05) is 10.7 Å². The van der Waals surface area contributed by atoms with Gasteiger partial charge in [0.25, 0.3) is 0 Å². The molecular formula is C12H18N6O. The monoisotopic (exact) mass is 262 g/mol. The zero-order chi connectivity index (χ0) is 13.8. The van der Waals surface area contributed by atoms with Crippen molar-refractivity contribution in [1.29, 1.82) is 0 Å². The molecule has 7 nitrogen and oxygen atoms in total. The van der Waals surface area contributed by atoms with Gasteiger partial charge in [0, 0.05) is 18.5 Å². The molecule has 0 fully saturated rings. The summed E-state index contributed by atoms with van der Waals surface area (Å²) in [4.78, 5) is 4.24. The number of hydrogen-bond acceptors (Lipinski definition) is 6. The molecule has 0 aliphatic rings. The van der Waals surface area contributed by atoms with Crippen molar-refractivity contribution in [3.05, 3.63) is 30.0 Å². The minimum absolute atomic E-state index is 0.256. The first-order valence-corrected chi connectivity index (χ1v) is 6.13. The third kappa shape index (κ3) is 3.05. The van der Waals surface area contributed by atoms with E-state index in [9.17, 15) is 0 Å². The van der Waals surface area contributed by atoms with Crippen LogP contribution >= 0.6 is 0 Å². The molecule has 0 amide bonds. The minimum Gasteiger partial charge on any atom is -0.480 e. The Balaban J connectivity index is 2.11. The van der Waals surface area contributed by atoms with Crippen LogP contribution in [0.15, 0.2) is 18.5 Å². The van der Waals surface area contributed by atoms with Crippen molar-refractivity contribution in [1.82, 2.24) is 25.0 Å². The Morgan fingerprint density at radius 2 is 2.11 bits per heavy atom. The molecule has 2 aromatic heterocycles. The van der Waals surface area contributed by atoms with Crippen molar-refractivity contribution in [3.8, 4) is 5.88 Å². The molecule has 1 unspecified atom stereocenters. The second-order valence-electron chi connectivity index (χ2n) is 4.53. The SMILES string of the molecule is COc1ccc(C(N)Cc2ncnn2C(C)C)nn1. The summed E-state index contributed by atoms with van der Waals surface area (Å²) in [6, 6.07) is 3.55. The fraction of sp³-hybridized carbons (Fsp3) is 0.500. The fourth-order valence-electron chi connectivity index (χ4n) is 1.79. The zero-order valence-corrected chi connectivity index (χ0v) is 11.3. The molecule has 102 valence electrons. The van der Waals surface area contributed by atoms with E-state index in [1.54, 1.807) is 19.5 Å². The Morgan fingerprint density at radius 3 is 2.68 bits per heavy atom. The molecule has 2 heterocycles. The predicted octanol–water partition coefficient (Wildman–Crippen LogP) is 0.900. The molecule has 2 rings (SSSR count). The Kier molecular flexibility index (Phi) is 4.06. The van der Waals surface area contributed by atoms with Gasteiger partial charge in [0.1, 0.15) is 12.2 Å². The van der Waals surface area contributed by atoms with Crippen LogP contribution in [-0.2, 0) is 6.42 Å². The highest BCUT2D eigenvalue weighted by Crippen LogP contribution is 2.15. The van der Waals surface area contributed by atoms with Crippen LogP contribution < -0.4 is 10.5 Å². The van der Waals surface area contributed by atoms with Crippen LogP contribution in [0.2, 0.25) is 0 Å². The third-order valence-electron chi connectivity index (χ3n) is 2.79. The van der Waals surface area contributed by atoms with Crippen molar-refractivity contribution < 1.29 is 4.74 Å². The van der Waals surface area contributed by atoms with Gasteiger partial charge in [-0.15, -0.1) is 5.10 Å². The van der Waals surface area contributed by atoms with E-state index < -0.39 is 0 Å². The van der Waals surface area contributed by atoms with Gasteiger partial charge in [-0.25, -0.2) is 9.67 Å². The topological polar surface area (TPSA) is 91.7 Å². The number of aromatic nitrogens is 5. The lowest BCUT2D eigenvalue weighted by Crippen LogP contribution is -2.19. The van der Waals surface area contributed by atoms with E-state index in [1.165, 1.54) is 0 Å². The van der Waals surface area contributed by atoms with Crippen molar-refractivity contribution >= 4 is 0 Å². The van der Waals surface area contributed by atoms with Crippen LogP contribution in [0, 0.1) is 0 Å². The highest BCUT2D eigenvalue weighted by molar-refractivity contribution is 5.14. The molecule has 0 radical (unpaired) electrons. The first-order valence-electron chi connectivity index (χ1n) is 6.13. The minimum atomic E-state index is -0.264. The second-order valence-corrected chi connectivity index (χ2v) is 4.53.